The van der Waals surface area contributed by atoms with Crippen LogP contribution >= 0.6 is 23.4 Å². The third-order valence-electron chi connectivity index (χ3n) is 6.09. The van der Waals surface area contributed by atoms with Crippen molar-refractivity contribution in [2.75, 3.05) is 25.6 Å². The van der Waals surface area contributed by atoms with Crippen molar-refractivity contribution in [1.82, 2.24) is 5.43 Å². The second kappa shape index (κ2) is 8.79. The second-order valence-electron chi connectivity index (χ2n) is 8.57. The van der Waals surface area contributed by atoms with Crippen molar-refractivity contribution >= 4 is 45.8 Å². The molecular formula is C24H27ClN4O2S. The fraction of sp³-hybridized carbons (Fsp3) is 0.375. The zero-order chi connectivity index (χ0) is 23.0. The number of hydrogen-bond acceptors (Lipinski definition) is 5. The van der Waals surface area contributed by atoms with Gasteiger partial charge in [-0.3, -0.25) is 9.79 Å². The minimum Gasteiger partial charge on any atom is -0.495 e. The number of amidine groups is 1. The van der Waals surface area contributed by atoms with Crippen LogP contribution in [0.3, 0.4) is 0 Å². The maximum absolute atomic E-state index is 11.6. The molecule has 1 unspecified atom stereocenters. The second-order valence-corrected chi connectivity index (χ2v) is 10.3. The summed E-state index contributed by atoms with van der Waals surface area (Å²) in [4.78, 5) is 18.5. The average molecular weight is 471 g/mol. The predicted molar refractivity (Wildman–Crippen MR) is 134 cm³/mol. The molecule has 0 fully saturated rings. The number of carbonyl (C=O) groups is 1. The van der Waals surface area contributed by atoms with Gasteiger partial charge in [0.05, 0.1) is 23.1 Å². The number of aliphatic imine (C=N–C) groups is 1. The summed E-state index contributed by atoms with van der Waals surface area (Å²) in [6.45, 7) is 7.39. The Morgan fingerprint density at radius 3 is 2.75 bits per heavy atom. The number of rotatable bonds is 3. The SMILES string of the molecule is C/N=C(/c1ccc(OC)c(Cl)c1)N1CCC(C)(C)c2cc(C3=NNC(=O)SC3C)ccc21. The van der Waals surface area contributed by atoms with Gasteiger partial charge in [0.1, 0.15) is 11.6 Å². The van der Waals surface area contributed by atoms with E-state index in [2.05, 4.69) is 52.5 Å². The molecule has 1 N–H and O–H groups in total. The molecule has 2 aliphatic rings. The van der Waals surface area contributed by atoms with E-state index in [0.717, 1.165) is 41.3 Å². The molecule has 6 nitrogen and oxygen atoms in total. The van der Waals surface area contributed by atoms with Crippen molar-refractivity contribution < 1.29 is 9.53 Å². The molecule has 2 aromatic carbocycles. The Kier molecular flexibility index (Phi) is 6.23. The first-order valence-corrected chi connectivity index (χ1v) is 11.8. The van der Waals surface area contributed by atoms with E-state index in [1.54, 1.807) is 14.2 Å². The third-order valence-corrected chi connectivity index (χ3v) is 7.26. The van der Waals surface area contributed by atoms with E-state index in [-0.39, 0.29) is 15.9 Å². The van der Waals surface area contributed by atoms with Crippen LogP contribution in [-0.2, 0) is 5.41 Å². The van der Waals surface area contributed by atoms with Gasteiger partial charge in [-0.05, 0) is 60.2 Å². The predicted octanol–water partition coefficient (Wildman–Crippen LogP) is 5.46. The van der Waals surface area contributed by atoms with Crippen LogP contribution in [0.2, 0.25) is 5.02 Å². The van der Waals surface area contributed by atoms with Crippen molar-refractivity contribution in [3.63, 3.8) is 0 Å². The molecular weight excluding hydrogens is 444 g/mol. The summed E-state index contributed by atoms with van der Waals surface area (Å²) in [7, 11) is 3.41. The highest BCUT2D eigenvalue weighted by atomic mass is 35.5. The first kappa shape index (κ1) is 22.7. The summed E-state index contributed by atoms with van der Waals surface area (Å²) in [5.41, 5.74) is 7.80. The van der Waals surface area contributed by atoms with E-state index in [0.29, 0.717) is 10.8 Å². The summed E-state index contributed by atoms with van der Waals surface area (Å²) < 4.78 is 5.30. The molecule has 0 bridgehead atoms. The molecule has 2 aromatic rings. The van der Waals surface area contributed by atoms with E-state index in [4.69, 9.17) is 16.3 Å². The summed E-state index contributed by atoms with van der Waals surface area (Å²) in [6.07, 6.45) is 0.972. The van der Waals surface area contributed by atoms with Crippen molar-refractivity contribution in [2.45, 2.75) is 37.9 Å². The van der Waals surface area contributed by atoms with E-state index >= 15 is 0 Å². The molecule has 0 aromatic heterocycles. The Balaban J connectivity index is 1.76. The molecule has 32 heavy (non-hydrogen) atoms. The lowest BCUT2D eigenvalue weighted by atomic mass is 9.76. The first-order valence-electron chi connectivity index (χ1n) is 10.5. The monoisotopic (exact) mass is 470 g/mol. The maximum Gasteiger partial charge on any atom is 0.299 e. The minimum absolute atomic E-state index is 0.00110. The number of thioether (sulfide) groups is 1. The van der Waals surface area contributed by atoms with Crippen LogP contribution in [-0.4, -0.2) is 42.7 Å². The van der Waals surface area contributed by atoms with Crippen molar-refractivity contribution in [2.24, 2.45) is 10.1 Å². The minimum atomic E-state index is -0.118. The fourth-order valence-corrected chi connectivity index (χ4v) is 5.27. The van der Waals surface area contributed by atoms with Crippen LogP contribution in [0.4, 0.5) is 10.5 Å². The molecule has 1 amide bonds. The molecule has 0 aliphatic carbocycles. The van der Waals surface area contributed by atoms with Crippen molar-refractivity contribution in [3.8, 4) is 5.75 Å². The molecule has 168 valence electrons. The number of amides is 1. The van der Waals surface area contributed by atoms with Gasteiger partial charge in [0.25, 0.3) is 5.24 Å². The van der Waals surface area contributed by atoms with Crippen molar-refractivity contribution in [3.05, 3.63) is 58.1 Å². The highest BCUT2D eigenvalue weighted by molar-refractivity contribution is 8.14. The van der Waals surface area contributed by atoms with Crippen LogP contribution in [0, 0.1) is 0 Å². The van der Waals surface area contributed by atoms with Gasteiger partial charge in [-0.15, -0.1) is 0 Å². The van der Waals surface area contributed by atoms with Gasteiger partial charge in [-0.25, -0.2) is 5.43 Å². The van der Waals surface area contributed by atoms with Crippen LogP contribution in [0.15, 0.2) is 46.5 Å². The van der Waals surface area contributed by atoms with Gasteiger partial charge in [0, 0.05) is 24.8 Å². The Labute approximate surface area is 198 Å². The number of ether oxygens (including phenoxy) is 1. The number of hydrogen-bond donors (Lipinski definition) is 1. The van der Waals surface area contributed by atoms with Gasteiger partial charge >= 0.3 is 0 Å². The molecule has 4 rings (SSSR count). The van der Waals surface area contributed by atoms with Crippen LogP contribution < -0.4 is 15.1 Å². The van der Waals surface area contributed by atoms with Gasteiger partial charge in [0.15, 0.2) is 0 Å². The Morgan fingerprint density at radius 1 is 1.31 bits per heavy atom. The number of benzene rings is 2. The number of fused-ring (bicyclic) bond motifs is 1. The standard InChI is InChI=1S/C24H27ClN4O2S/c1-14-21(27-28-23(30)32-14)15-6-8-19-17(12-15)24(2,3)10-11-29(19)22(26-4)16-7-9-20(31-5)18(25)13-16/h6-9,12-14H,10-11H2,1-5H3,(H,28,30)/b26-22-. The van der Waals surface area contributed by atoms with Crippen LogP contribution in [0.1, 0.15) is 43.9 Å². The first-order chi connectivity index (χ1) is 15.2. The lowest BCUT2D eigenvalue weighted by molar-refractivity contribution is 0.261. The number of nitrogens with one attached hydrogen (secondary N) is 1. The Bertz CT molecular complexity index is 1130. The normalized spacial score (nSPS) is 20.4. The number of nitrogens with zero attached hydrogens (tertiary/aromatic N) is 3. The number of methoxy groups -OCH3 is 1. The number of anilines is 1. The maximum atomic E-state index is 11.6. The lowest BCUT2D eigenvalue weighted by Gasteiger charge is -2.41. The molecule has 0 radical (unpaired) electrons. The largest absolute Gasteiger partial charge is 0.495 e. The van der Waals surface area contributed by atoms with Crippen LogP contribution in [0.5, 0.6) is 5.75 Å². The molecule has 0 saturated carbocycles. The van der Waals surface area contributed by atoms with E-state index in [1.807, 2.05) is 25.1 Å². The van der Waals surface area contributed by atoms with Gasteiger partial charge in [0.2, 0.25) is 0 Å². The number of carbonyl (C=O) groups excluding carboxylic acids is 1. The molecule has 1 atom stereocenters. The lowest BCUT2D eigenvalue weighted by Crippen LogP contribution is -2.42. The van der Waals surface area contributed by atoms with E-state index in [9.17, 15) is 4.79 Å². The Hall–Kier alpha value is -2.51. The molecule has 8 heteroatoms. The number of halogens is 1. The highest BCUT2D eigenvalue weighted by Crippen LogP contribution is 2.41. The zero-order valence-electron chi connectivity index (χ0n) is 18.9. The molecule has 0 spiro atoms. The highest BCUT2D eigenvalue weighted by Gasteiger charge is 2.34. The van der Waals surface area contributed by atoms with Gasteiger partial charge in [-0.2, -0.15) is 5.10 Å². The Morgan fingerprint density at radius 2 is 2.09 bits per heavy atom. The fourth-order valence-electron chi connectivity index (χ4n) is 4.29. The van der Waals surface area contributed by atoms with Gasteiger partial charge in [-0.1, -0.05) is 43.3 Å². The molecule has 0 saturated heterocycles. The smallest absolute Gasteiger partial charge is 0.299 e. The summed E-state index contributed by atoms with van der Waals surface area (Å²) >= 11 is 7.66. The quantitative estimate of drug-likeness (QED) is 0.477. The third kappa shape index (κ3) is 4.11. The van der Waals surface area contributed by atoms with Gasteiger partial charge < -0.3 is 9.64 Å². The topological polar surface area (TPSA) is 66.3 Å². The summed E-state index contributed by atoms with van der Waals surface area (Å²) in [5, 5.41) is 4.77. The van der Waals surface area contributed by atoms with Crippen LogP contribution in [0.25, 0.3) is 0 Å². The average Bonchev–Trinajstić information content (AvgIpc) is 2.76. The van der Waals surface area contributed by atoms with Crippen molar-refractivity contribution in [1.29, 1.82) is 0 Å². The summed E-state index contributed by atoms with van der Waals surface area (Å²) in [5.74, 6) is 1.51. The zero-order valence-corrected chi connectivity index (χ0v) is 20.5. The number of hydrazone groups is 1. The summed E-state index contributed by atoms with van der Waals surface area (Å²) in [6, 6.07) is 12.2. The molecule has 2 aliphatic heterocycles. The van der Waals surface area contributed by atoms with E-state index in [1.165, 1.54) is 17.3 Å². The molecule has 2 heterocycles. The van der Waals surface area contributed by atoms with E-state index < -0.39 is 0 Å².